The smallest absolute Gasteiger partial charge is 0.0520 e. The number of hydrogen-bond acceptors (Lipinski definition) is 3. The fourth-order valence-electron chi connectivity index (χ4n) is 1.50. The Hall–Kier alpha value is -1.22. The number of aromatic nitrogens is 1. The average Bonchev–Trinajstić information content (AvgIpc) is 2.29. The molecule has 3 heteroatoms. The van der Waals surface area contributed by atoms with Gasteiger partial charge >= 0.3 is 0 Å². The average molecular weight is 232 g/mol. The van der Waals surface area contributed by atoms with Crippen molar-refractivity contribution in [3.05, 3.63) is 36.7 Å². The van der Waals surface area contributed by atoms with E-state index in [0.717, 1.165) is 5.75 Å². The fraction of sp³-hybridized carbons (Fsp3) is 0.308. The van der Waals surface area contributed by atoms with E-state index < -0.39 is 0 Å². The Morgan fingerprint density at radius 1 is 1.31 bits per heavy atom. The number of fused-ring (bicyclic) bond motifs is 1. The molecule has 1 N–H and O–H groups in total. The molecule has 0 spiro atoms. The third kappa shape index (κ3) is 2.67. The maximum absolute atomic E-state index is 4.13. The lowest BCUT2D eigenvalue weighted by molar-refractivity contribution is 0.751. The van der Waals surface area contributed by atoms with Gasteiger partial charge in [-0.2, -0.15) is 0 Å². The van der Waals surface area contributed by atoms with E-state index in [0.29, 0.717) is 5.92 Å². The Morgan fingerprint density at radius 2 is 2.19 bits per heavy atom. The van der Waals surface area contributed by atoms with Crippen molar-refractivity contribution in [3.8, 4) is 0 Å². The molecule has 0 amide bonds. The molecule has 1 heterocycles. The molecule has 0 aliphatic carbocycles. The third-order valence-corrected chi connectivity index (χ3v) is 3.48. The maximum atomic E-state index is 4.13. The first-order chi connectivity index (χ1) is 7.77. The number of hydrogen-bond donors (Lipinski definition) is 1. The van der Waals surface area contributed by atoms with Crippen LogP contribution < -0.4 is 4.72 Å². The molecular weight excluding hydrogens is 216 g/mol. The quantitative estimate of drug-likeness (QED) is 0.808. The molecule has 0 atom stereocenters. The van der Waals surface area contributed by atoms with Crippen LogP contribution in [0.25, 0.3) is 10.8 Å². The first-order valence-corrected chi connectivity index (χ1v) is 6.46. The zero-order valence-corrected chi connectivity index (χ0v) is 10.4. The van der Waals surface area contributed by atoms with E-state index in [2.05, 4.69) is 41.8 Å². The second kappa shape index (κ2) is 5.21. The number of pyridine rings is 1. The van der Waals surface area contributed by atoms with Gasteiger partial charge in [-0.25, -0.2) is 0 Å². The zero-order chi connectivity index (χ0) is 11.4. The van der Waals surface area contributed by atoms with Gasteiger partial charge in [0.1, 0.15) is 0 Å². The Bertz CT molecular complexity index is 463. The largest absolute Gasteiger partial charge is 0.329 e. The summed E-state index contributed by atoms with van der Waals surface area (Å²) in [5.74, 6) is 1.82. The van der Waals surface area contributed by atoms with Crippen molar-refractivity contribution in [2.24, 2.45) is 5.92 Å². The van der Waals surface area contributed by atoms with Gasteiger partial charge in [-0.1, -0.05) is 37.9 Å². The second-order valence-corrected chi connectivity index (χ2v) is 5.04. The van der Waals surface area contributed by atoms with Crippen molar-refractivity contribution in [2.45, 2.75) is 13.8 Å². The van der Waals surface area contributed by atoms with Crippen molar-refractivity contribution in [1.29, 1.82) is 0 Å². The predicted molar refractivity (Wildman–Crippen MR) is 72.7 cm³/mol. The number of anilines is 1. The molecule has 0 saturated carbocycles. The minimum Gasteiger partial charge on any atom is -0.329 e. The molecule has 16 heavy (non-hydrogen) atoms. The molecule has 84 valence electrons. The SMILES string of the molecule is CC(C)CSNc1cccc2cnccc12. The van der Waals surface area contributed by atoms with Crippen molar-refractivity contribution in [2.75, 3.05) is 10.5 Å². The summed E-state index contributed by atoms with van der Waals surface area (Å²) < 4.78 is 3.41. The Labute approximate surface area is 101 Å². The van der Waals surface area contributed by atoms with Crippen LogP contribution in [0.15, 0.2) is 36.7 Å². The predicted octanol–water partition coefficient (Wildman–Crippen LogP) is 3.95. The minimum atomic E-state index is 0.703. The number of nitrogens with one attached hydrogen (secondary N) is 1. The van der Waals surface area contributed by atoms with Gasteiger partial charge in [-0.15, -0.1) is 0 Å². The van der Waals surface area contributed by atoms with Gasteiger partial charge in [-0.05, 0) is 18.1 Å². The molecular formula is C13H16N2S. The summed E-state index contributed by atoms with van der Waals surface area (Å²) in [6, 6.07) is 8.30. The molecule has 0 saturated heterocycles. The fourth-order valence-corrected chi connectivity index (χ4v) is 2.25. The summed E-state index contributed by atoms with van der Waals surface area (Å²) in [5.41, 5.74) is 1.17. The van der Waals surface area contributed by atoms with Gasteiger partial charge in [0.2, 0.25) is 0 Å². The summed E-state index contributed by atoms with van der Waals surface area (Å²) in [5, 5.41) is 2.41. The van der Waals surface area contributed by atoms with Crippen LogP contribution in [0.5, 0.6) is 0 Å². The van der Waals surface area contributed by atoms with Crippen LogP contribution in [0, 0.1) is 5.92 Å². The van der Waals surface area contributed by atoms with E-state index in [9.17, 15) is 0 Å². The third-order valence-electron chi connectivity index (χ3n) is 2.28. The normalized spacial score (nSPS) is 10.9. The number of benzene rings is 1. The Kier molecular flexibility index (Phi) is 3.67. The van der Waals surface area contributed by atoms with Gasteiger partial charge < -0.3 is 4.72 Å². The van der Waals surface area contributed by atoms with Crippen LogP contribution in [-0.4, -0.2) is 10.7 Å². The molecule has 1 aromatic carbocycles. The van der Waals surface area contributed by atoms with E-state index >= 15 is 0 Å². The van der Waals surface area contributed by atoms with Crippen LogP contribution in [0.2, 0.25) is 0 Å². The topological polar surface area (TPSA) is 24.9 Å². The van der Waals surface area contributed by atoms with E-state index in [1.54, 1.807) is 11.9 Å². The van der Waals surface area contributed by atoms with Crippen LogP contribution >= 0.6 is 11.9 Å². The Morgan fingerprint density at radius 3 is 3.00 bits per heavy atom. The maximum Gasteiger partial charge on any atom is 0.0520 e. The molecule has 0 radical (unpaired) electrons. The highest BCUT2D eigenvalue weighted by Crippen LogP contribution is 2.24. The van der Waals surface area contributed by atoms with Gasteiger partial charge in [0.15, 0.2) is 0 Å². The van der Waals surface area contributed by atoms with Gasteiger partial charge in [0.25, 0.3) is 0 Å². The Balaban J connectivity index is 2.17. The zero-order valence-electron chi connectivity index (χ0n) is 9.60. The summed E-state index contributed by atoms with van der Waals surface area (Å²) in [6.45, 7) is 4.45. The van der Waals surface area contributed by atoms with Gasteiger partial charge in [0.05, 0.1) is 5.69 Å². The van der Waals surface area contributed by atoms with Crippen LogP contribution in [0.1, 0.15) is 13.8 Å². The van der Waals surface area contributed by atoms with E-state index in [1.807, 2.05) is 18.5 Å². The lowest BCUT2D eigenvalue weighted by atomic mass is 10.1. The molecule has 1 aromatic heterocycles. The molecule has 0 fully saturated rings. The van der Waals surface area contributed by atoms with Crippen LogP contribution in [0.4, 0.5) is 5.69 Å². The van der Waals surface area contributed by atoms with E-state index in [4.69, 9.17) is 0 Å². The highest BCUT2D eigenvalue weighted by molar-refractivity contribution is 8.00. The number of rotatable bonds is 4. The standard InChI is InChI=1S/C13H16N2S/c1-10(2)9-16-15-13-5-3-4-11-8-14-7-6-12(11)13/h3-8,10,15H,9H2,1-2H3. The van der Waals surface area contributed by atoms with Crippen LogP contribution in [0.3, 0.4) is 0 Å². The van der Waals surface area contributed by atoms with Crippen molar-refractivity contribution < 1.29 is 0 Å². The molecule has 2 rings (SSSR count). The van der Waals surface area contributed by atoms with E-state index in [-0.39, 0.29) is 0 Å². The molecule has 0 bridgehead atoms. The van der Waals surface area contributed by atoms with Gasteiger partial charge in [0, 0.05) is 28.9 Å². The minimum absolute atomic E-state index is 0.703. The summed E-state index contributed by atoms with van der Waals surface area (Å²) in [4.78, 5) is 4.13. The molecule has 0 unspecified atom stereocenters. The lowest BCUT2D eigenvalue weighted by Gasteiger charge is -2.09. The molecule has 0 aliphatic heterocycles. The van der Waals surface area contributed by atoms with E-state index in [1.165, 1.54) is 16.5 Å². The summed E-state index contributed by atoms with van der Waals surface area (Å²) in [7, 11) is 0. The first-order valence-electron chi connectivity index (χ1n) is 5.48. The van der Waals surface area contributed by atoms with Crippen molar-refractivity contribution >= 4 is 28.4 Å². The first kappa shape index (κ1) is 11.3. The molecule has 0 aliphatic rings. The second-order valence-electron chi connectivity index (χ2n) is 4.21. The highest BCUT2D eigenvalue weighted by Gasteiger charge is 2.00. The monoisotopic (exact) mass is 232 g/mol. The van der Waals surface area contributed by atoms with Crippen LogP contribution in [-0.2, 0) is 0 Å². The highest BCUT2D eigenvalue weighted by atomic mass is 32.2. The summed E-state index contributed by atoms with van der Waals surface area (Å²) in [6.07, 6.45) is 3.73. The molecule has 2 aromatic rings. The van der Waals surface area contributed by atoms with Gasteiger partial charge in [-0.3, -0.25) is 4.98 Å². The summed E-state index contributed by atoms with van der Waals surface area (Å²) >= 11 is 1.76. The van der Waals surface area contributed by atoms with Crippen molar-refractivity contribution in [3.63, 3.8) is 0 Å². The lowest BCUT2D eigenvalue weighted by Crippen LogP contribution is -1.96. The number of nitrogens with zero attached hydrogens (tertiary/aromatic N) is 1. The molecule has 2 nitrogen and oxygen atoms in total. The van der Waals surface area contributed by atoms with Crippen molar-refractivity contribution in [1.82, 2.24) is 4.98 Å².